The van der Waals surface area contributed by atoms with Gasteiger partial charge in [0.05, 0.1) is 0 Å². The third-order valence-electron chi connectivity index (χ3n) is 4.05. The molecule has 1 unspecified atom stereocenters. The highest BCUT2D eigenvalue weighted by atomic mass is 16.3. The maximum atomic E-state index is 12.3. The standard InChI is InChI=1S/C19H22N2O4/c1-13(21(2)19(25)15-6-4-3-5-7-15)18(24)20-11-10-14-8-9-16(22)17(23)12-14/h3-9,12-13,22-23H,10-11H2,1-2H3,(H,20,24). The highest BCUT2D eigenvalue weighted by molar-refractivity contribution is 5.97. The number of nitrogens with zero attached hydrogens (tertiary/aromatic N) is 1. The first-order valence-electron chi connectivity index (χ1n) is 8.01. The Morgan fingerprint density at radius 2 is 1.76 bits per heavy atom. The molecular weight excluding hydrogens is 320 g/mol. The van der Waals surface area contributed by atoms with Gasteiger partial charge in [0, 0.05) is 19.2 Å². The monoisotopic (exact) mass is 342 g/mol. The number of phenols is 2. The third-order valence-corrected chi connectivity index (χ3v) is 4.05. The van der Waals surface area contributed by atoms with Crippen molar-refractivity contribution in [1.29, 1.82) is 0 Å². The fourth-order valence-electron chi connectivity index (χ4n) is 2.34. The topological polar surface area (TPSA) is 89.9 Å². The summed E-state index contributed by atoms with van der Waals surface area (Å²) in [6.07, 6.45) is 0.503. The highest BCUT2D eigenvalue weighted by Crippen LogP contribution is 2.24. The van der Waals surface area contributed by atoms with E-state index in [9.17, 15) is 19.8 Å². The Hall–Kier alpha value is -3.02. The first-order valence-corrected chi connectivity index (χ1v) is 8.01. The van der Waals surface area contributed by atoms with Gasteiger partial charge in [-0.05, 0) is 43.2 Å². The Bertz CT molecular complexity index is 746. The molecule has 0 heterocycles. The average molecular weight is 342 g/mol. The molecule has 1 atom stereocenters. The molecule has 2 aromatic rings. The normalized spacial score (nSPS) is 11.6. The lowest BCUT2D eigenvalue weighted by atomic mass is 10.1. The molecule has 2 amide bonds. The first kappa shape index (κ1) is 18.3. The number of amides is 2. The van der Waals surface area contributed by atoms with Gasteiger partial charge in [-0.15, -0.1) is 0 Å². The number of benzene rings is 2. The number of likely N-dealkylation sites (N-methyl/N-ethyl adjacent to an activating group) is 1. The largest absolute Gasteiger partial charge is 0.504 e. The summed E-state index contributed by atoms with van der Waals surface area (Å²) in [6.45, 7) is 2.03. The van der Waals surface area contributed by atoms with Crippen LogP contribution in [0.5, 0.6) is 11.5 Å². The van der Waals surface area contributed by atoms with E-state index in [4.69, 9.17) is 0 Å². The summed E-state index contributed by atoms with van der Waals surface area (Å²) in [4.78, 5) is 26.0. The second kappa shape index (κ2) is 8.19. The summed E-state index contributed by atoms with van der Waals surface area (Å²) in [5.74, 6) is -0.839. The molecule has 0 fully saturated rings. The minimum atomic E-state index is -0.610. The minimum absolute atomic E-state index is 0.178. The molecule has 0 saturated heterocycles. The molecule has 6 nitrogen and oxygen atoms in total. The number of carbonyl (C=O) groups is 2. The van der Waals surface area contributed by atoms with Gasteiger partial charge in [0.15, 0.2) is 11.5 Å². The van der Waals surface area contributed by atoms with Gasteiger partial charge in [0.25, 0.3) is 5.91 Å². The number of hydrogen-bond acceptors (Lipinski definition) is 4. The van der Waals surface area contributed by atoms with Crippen molar-refractivity contribution >= 4 is 11.8 Å². The second-order valence-electron chi connectivity index (χ2n) is 5.82. The Morgan fingerprint density at radius 1 is 1.08 bits per heavy atom. The number of aromatic hydroxyl groups is 2. The summed E-state index contributed by atoms with van der Waals surface area (Å²) in [6, 6.07) is 12.7. The lowest BCUT2D eigenvalue weighted by molar-refractivity contribution is -0.124. The lowest BCUT2D eigenvalue weighted by Gasteiger charge is -2.24. The van der Waals surface area contributed by atoms with Crippen molar-refractivity contribution in [3.63, 3.8) is 0 Å². The fourth-order valence-corrected chi connectivity index (χ4v) is 2.34. The molecule has 2 rings (SSSR count). The molecule has 0 spiro atoms. The predicted molar refractivity (Wildman–Crippen MR) is 94.5 cm³/mol. The summed E-state index contributed by atoms with van der Waals surface area (Å²) >= 11 is 0. The van der Waals surface area contributed by atoms with Crippen LogP contribution in [0.4, 0.5) is 0 Å². The summed E-state index contributed by atoms with van der Waals surface area (Å²) in [5, 5.41) is 21.5. The second-order valence-corrected chi connectivity index (χ2v) is 5.82. The van der Waals surface area contributed by atoms with E-state index in [0.717, 1.165) is 5.56 Å². The molecule has 0 aromatic heterocycles. The van der Waals surface area contributed by atoms with E-state index >= 15 is 0 Å². The predicted octanol–water partition coefficient (Wildman–Crippen LogP) is 1.92. The van der Waals surface area contributed by atoms with Crippen molar-refractivity contribution in [1.82, 2.24) is 10.2 Å². The van der Waals surface area contributed by atoms with E-state index in [-0.39, 0.29) is 23.3 Å². The van der Waals surface area contributed by atoms with Gasteiger partial charge in [0.1, 0.15) is 6.04 Å². The summed E-state index contributed by atoms with van der Waals surface area (Å²) in [7, 11) is 1.59. The van der Waals surface area contributed by atoms with Crippen LogP contribution in [0.1, 0.15) is 22.8 Å². The van der Waals surface area contributed by atoms with Crippen LogP contribution in [0.15, 0.2) is 48.5 Å². The van der Waals surface area contributed by atoms with E-state index in [1.54, 1.807) is 44.3 Å². The zero-order chi connectivity index (χ0) is 18.4. The molecule has 3 N–H and O–H groups in total. The Balaban J connectivity index is 1.87. The van der Waals surface area contributed by atoms with Crippen LogP contribution in [0.25, 0.3) is 0 Å². The first-order chi connectivity index (χ1) is 11.9. The van der Waals surface area contributed by atoms with Gasteiger partial charge in [-0.25, -0.2) is 0 Å². The number of phenolic OH excluding ortho intramolecular Hbond substituents is 2. The van der Waals surface area contributed by atoms with E-state index in [2.05, 4.69) is 5.32 Å². The SMILES string of the molecule is CC(C(=O)NCCc1ccc(O)c(O)c1)N(C)C(=O)c1ccccc1. The van der Waals surface area contributed by atoms with Crippen LogP contribution in [0.3, 0.4) is 0 Å². The van der Waals surface area contributed by atoms with Crippen LogP contribution in [0, 0.1) is 0 Å². The Morgan fingerprint density at radius 3 is 2.40 bits per heavy atom. The van der Waals surface area contributed by atoms with Crippen LogP contribution in [0.2, 0.25) is 0 Å². The summed E-state index contributed by atoms with van der Waals surface area (Å²) in [5.41, 5.74) is 1.32. The summed E-state index contributed by atoms with van der Waals surface area (Å²) < 4.78 is 0. The minimum Gasteiger partial charge on any atom is -0.504 e. The van der Waals surface area contributed by atoms with Crippen molar-refractivity contribution in [2.24, 2.45) is 0 Å². The van der Waals surface area contributed by atoms with Gasteiger partial charge >= 0.3 is 0 Å². The van der Waals surface area contributed by atoms with E-state index in [1.807, 2.05) is 6.07 Å². The fraction of sp³-hybridized carbons (Fsp3) is 0.263. The molecule has 132 valence electrons. The molecule has 0 aliphatic heterocycles. The van der Waals surface area contributed by atoms with Crippen LogP contribution >= 0.6 is 0 Å². The Kier molecular flexibility index (Phi) is 6.00. The van der Waals surface area contributed by atoms with Gasteiger partial charge in [-0.2, -0.15) is 0 Å². The quantitative estimate of drug-likeness (QED) is 0.700. The maximum Gasteiger partial charge on any atom is 0.254 e. The maximum absolute atomic E-state index is 12.3. The van der Waals surface area contributed by atoms with Crippen molar-refractivity contribution < 1.29 is 19.8 Å². The average Bonchev–Trinajstić information content (AvgIpc) is 2.63. The number of carbonyl (C=O) groups excluding carboxylic acids is 2. The number of nitrogens with one attached hydrogen (secondary N) is 1. The van der Waals surface area contributed by atoms with Crippen molar-refractivity contribution in [2.45, 2.75) is 19.4 Å². The molecule has 0 aliphatic rings. The van der Waals surface area contributed by atoms with Gasteiger partial charge in [-0.3, -0.25) is 9.59 Å². The Labute approximate surface area is 146 Å². The molecule has 0 radical (unpaired) electrons. The highest BCUT2D eigenvalue weighted by Gasteiger charge is 2.22. The molecule has 25 heavy (non-hydrogen) atoms. The van der Waals surface area contributed by atoms with Crippen LogP contribution in [-0.2, 0) is 11.2 Å². The molecule has 0 saturated carbocycles. The smallest absolute Gasteiger partial charge is 0.254 e. The van der Waals surface area contributed by atoms with Crippen LogP contribution in [-0.4, -0.2) is 46.6 Å². The lowest BCUT2D eigenvalue weighted by Crippen LogP contribution is -2.46. The van der Waals surface area contributed by atoms with E-state index < -0.39 is 6.04 Å². The van der Waals surface area contributed by atoms with Crippen molar-refractivity contribution in [3.05, 3.63) is 59.7 Å². The van der Waals surface area contributed by atoms with E-state index in [0.29, 0.717) is 18.5 Å². The zero-order valence-electron chi connectivity index (χ0n) is 14.3. The molecular formula is C19H22N2O4. The zero-order valence-corrected chi connectivity index (χ0v) is 14.3. The van der Waals surface area contributed by atoms with Crippen molar-refractivity contribution in [2.75, 3.05) is 13.6 Å². The van der Waals surface area contributed by atoms with Crippen LogP contribution < -0.4 is 5.32 Å². The molecule has 0 aliphatic carbocycles. The molecule has 6 heteroatoms. The van der Waals surface area contributed by atoms with Gasteiger partial charge in [-0.1, -0.05) is 24.3 Å². The molecule has 2 aromatic carbocycles. The van der Waals surface area contributed by atoms with Crippen molar-refractivity contribution in [3.8, 4) is 11.5 Å². The number of rotatable bonds is 6. The number of hydrogen-bond donors (Lipinski definition) is 3. The van der Waals surface area contributed by atoms with Gasteiger partial charge < -0.3 is 20.4 Å². The third kappa shape index (κ3) is 4.73. The van der Waals surface area contributed by atoms with E-state index in [1.165, 1.54) is 17.0 Å². The molecule has 0 bridgehead atoms. The van der Waals surface area contributed by atoms with Gasteiger partial charge in [0.2, 0.25) is 5.91 Å².